The molecule has 4 heterocycles. The van der Waals surface area contributed by atoms with E-state index < -0.39 is 0 Å². The second kappa shape index (κ2) is 6.48. The molecule has 2 aromatic heterocycles. The van der Waals surface area contributed by atoms with E-state index in [0.717, 1.165) is 19.4 Å². The molecule has 0 bridgehead atoms. The Morgan fingerprint density at radius 1 is 1.40 bits per heavy atom. The number of hydrogen-bond acceptors (Lipinski definition) is 5. The molecule has 0 radical (unpaired) electrons. The molecule has 2 aliphatic rings. The number of hydrogen-bond donors (Lipinski definition) is 0. The highest BCUT2D eigenvalue weighted by Crippen LogP contribution is 2.42. The number of ether oxygens (including phenoxy) is 2. The molecular weight excluding hydrogens is 320 g/mol. The number of pyridine rings is 1. The van der Waals surface area contributed by atoms with Crippen molar-refractivity contribution in [2.45, 2.75) is 18.4 Å². The number of aromatic nitrogens is 3. The van der Waals surface area contributed by atoms with Crippen molar-refractivity contribution in [1.82, 2.24) is 19.7 Å². The van der Waals surface area contributed by atoms with Crippen LogP contribution in [0.3, 0.4) is 0 Å². The van der Waals surface area contributed by atoms with E-state index in [9.17, 15) is 4.79 Å². The normalized spacial score (nSPS) is 21.3. The first-order chi connectivity index (χ1) is 12.2. The number of rotatable bonds is 5. The topological polar surface area (TPSA) is 69.5 Å². The summed E-state index contributed by atoms with van der Waals surface area (Å²) in [6.07, 6.45) is 5.43. The van der Waals surface area contributed by atoms with Crippen LogP contribution in [0.4, 0.5) is 0 Å². The number of carbonyl (C=O) groups excluding carboxylic acids is 1. The van der Waals surface area contributed by atoms with Crippen molar-refractivity contribution in [3.8, 4) is 5.88 Å². The van der Waals surface area contributed by atoms with E-state index in [4.69, 9.17) is 9.47 Å². The van der Waals surface area contributed by atoms with E-state index in [-0.39, 0.29) is 11.5 Å². The molecule has 0 aliphatic carbocycles. The maximum Gasteiger partial charge on any atom is 0.274 e. The van der Waals surface area contributed by atoms with Gasteiger partial charge >= 0.3 is 0 Å². The van der Waals surface area contributed by atoms with Crippen LogP contribution in [0.15, 0.2) is 36.7 Å². The summed E-state index contributed by atoms with van der Waals surface area (Å²) in [7, 11) is 1.81. The van der Waals surface area contributed by atoms with E-state index in [0.29, 0.717) is 37.2 Å². The summed E-state index contributed by atoms with van der Waals surface area (Å²) in [5.41, 5.74) is 0.281. The summed E-state index contributed by atoms with van der Waals surface area (Å²) >= 11 is 0. The number of amides is 1. The van der Waals surface area contributed by atoms with E-state index in [1.165, 1.54) is 0 Å². The Morgan fingerprint density at radius 2 is 2.28 bits per heavy atom. The van der Waals surface area contributed by atoms with Gasteiger partial charge in [-0.25, -0.2) is 4.98 Å². The zero-order valence-corrected chi connectivity index (χ0v) is 14.3. The highest BCUT2D eigenvalue weighted by atomic mass is 16.5. The van der Waals surface area contributed by atoms with Gasteiger partial charge in [-0.3, -0.25) is 9.48 Å². The quantitative estimate of drug-likeness (QED) is 0.824. The molecule has 2 aromatic rings. The third-order valence-corrected chi connectivity index (χ3v) is 5.09. The second-order valence-electron chi connectivity index (χ2n) is 6.74. The van der Waals surface area contributed by atoms with Crippen LogP contribution >= 0.6 is 0 Å². The highest BCUT2D eigenvalue weighted by molar-refractivity contribution is 5.93. The summed E-state index contributed by atoms with van der Waals surface area (Å²) in [5.74, 6) is 1.03. The molecular formula is C18H22N4O3. The molecule has 0 saturated carbocycles. The SMILES string of the molecule is Cn1ccc(C(=O)N2CC3(C2)OCC[C@@H]3CCOc2ccccn2)n1. The number of aryl methyl sites for hydroxylation is 1. The van der Waals surface area contributed by atoms with Crippen LogP contribution in [-0.4, -0.2) is 57.5 Å². The van der Waals surface area contributed by atoms with Crippen molar-refractivity contribution in [3.63, 3.8) is 0 Å². The molecule has 7 nitrogen and oxygen atoms in total. The Hall–Kier alpha value is -2.41. The first kappa shape index (κ1) is 16.1. The van der Waals surface area contributed by atoms with Gasteiger partial charge < -0.3 is 14.4 Å². The molecule has 2 saturated heterocycles. The van der Waals surface area contributed by atoms with Gasteiger partial charge in [-0.2, -0.15) is 5.10 Å². The van der Waals surface area contributed by atoms with E-state index in [1.54, 1.807) is 23.1 Å². The standard InChI is InChI=1S/C18H22N4O3/c1-21-9-5-15(20-21)17(23)22-12-18(13-22)14(7-11-25-18)6-10-24-16-4-2-3-8-19-16/h2-5,8-9,14H,6-7,10-13H2,1H3/t14-/m0/s1. The molecule has 1 amide bonds. The lowest BCUT2D eigenvalue weighted by Gasteiger charge is -2.50. The molecule has 0 unspecified atom stereocenters. The Bertz CT molecular complexity index is 740. The largest absolute Gasteiger partial charge is 0.478 e. The summed E-state index contributed by atoms with van der Waals surface area (Å²) in [6, 6.07) is 7.39. The molecule has 2 aliphatic heterocycles. The zero-order valence-electron chi connectivity index (χ0n) is 14.3. The highest BCUT2D eigenvalue weighted by Gasteiger charge is 2.54. The zero-order chi connectivity index (χ0) is 17.3. The van der Waals surface area contributed by atoms with Crippen molar-refractivity contribution in [3.05, 3.63) is 42.4 Å². The molecule has 25 heavy (non-hydrogen) atoms. The molecule has 2 fully saturated rings. The Kier molecular flexibility index (Phi) is 4.17. The molecule has 7 heteroatoms. The summed E-state index contributed by atoms with van der Waals surface area (Å²) < 4.78 is 13.4. The second-order valence-corrected chi connectivity index (χ2v) is 6.74. The summed E-state index contributed by atoms with van der Waals surface area (Å²) in [5, 5.41) is 4.19. The van der Waals surface area contributed by atoms with E-state index >= 15 is 0 Å². The van der Waals surface area contributed by atoms with Crippen molar-refractivity contribution >= 4 is 5.91 Å². The molecule has 1 atom stereocenters. The smallest absolute Gasteiger partial charge is 0.274 e. The lowest BCUT2D eigenvalue weighted by Crippen LogP contribution is -2.66. The average Bonchev–Trinajstić information content (AvgIpc) is 3.20. The molecule has 132 valence electrons. The fraction of sp³-hybridized carbons (Fsp3) is 0.500. The van der Waals surface area contributed by atoms with Gasteiger partial charge in [0.1, 0.15) is 11.3 Å². The first-order valence-corrected chi connectivity index (χ1v) is 8.63. The van der Waals surface area contributed by atoms with Crippen LogP contribution in [0.1, 0.15) is 23.3 Å². The lowest BCUT2D eigenvalue weighted by atomic mass is 9.79. The minimum Gasteiger partial charge on any atom is -0.478 e. The Balaban J connectivity index is 1.31. The van der Waals surface area contributed by atoms with Gasteiger partial charge in [0.15, 0.2) is 0 Å². The first-order valence-electron chi connectivity index (χ1n) is 8.63. The van der Waals surface area contributed by atoms with Crippen LogP contribution in [0, 0.1) is 5.92 Å². The molecule has 0 N–H and O–H groups in total. The van der Waals surface area contributed by atoms with Gasteiger partial charge in [-0.05, 0) is 30.9 Å². The monoisotopic (exact) mass is 342 g/mol. The molecule has 4 rings (SSSR count). The minimum absolute atomic E-state index is 0.0230. The van der Waals surface area contributed by atoms with Crippen molar-refractivity contribution in [2.24, 2.45) is 13.0 Å². The third-order valence-electron chi connectivity index (χ3n) is 5.09. The average molecular weight is 342 g/mol. The van der Waals surface area contributed by atoms with Crippen molar-refractivity contribution in [2.75, 3.05) is 26.3 Å². The molecule has 0 aromatic carbocycles. The van der Waals surface area contributed by atoms with Crippen LogP contribution in [0.25, 0.3) is 0 Å². The van der Waals surface area contributed by atoms with E-state index in [1.807, 2.05) is 30.1 Å². The lowest BCUT2D eigenvalue weighted by molar-refractivity contribution is -0.119. The summed E-state index contributed by atoms with van der Waals surface area (Å²) in [4.78, 5) is 18.4. The van der Waals surface area contributed by atoms with Crippen LogP contribution in [0.2, 0.25) is 0 Å². The van der Waals surface area contributed by atoms with E-state index in [2.05, 4.69) is 10.1 Å². The number of nitrogens with zero attached hydrogens (tertiary/aromatic N) is 4. The maximum absolute atomic E-state index is 12.4. The van der Waals surface area contributed by atoms with Crippen LogP contribution < -0.4 is 4.74 Å². The van der Waals surface area contributed by atoms with Gasteiger partial charge in [-0.1, -0.05) is 6.07 Å². The van der Waals surface area contributed by atoms with Gasteiger partial charge in [-0.15, -0.1) is 0 Å². The number of likely N-dealkylation sites (tertiary alicyclic amines) is 1. The van der Waals surface area contributed by atoms with Gasteiger partial charge in [0, 0.05) is 32.1 Å². The molecule has 1 spiro atoms. The Morgan fingerprint density at radius 3 is 3.00 bits per heavy atom. The van der Waals surface area contributed by atoms with Gasteiger partial charge in [0.2, 0.25) is 5.88 Å². The maximum atomic E-state index is 12.4. The fourth-order valence-corrected chi connectivity index (χ4v) is 3.72. The van der Waals surface area contributed by atoms with Crippen molar-refractivity contribution in [1.29, 1.82) is 0 Å². The number of carbonyl (C=O) groups is 1. The fourth-order valence-electron chi connectivity index (χ4n) is 3.72. The minimum atomic E-state index is -0.210. The van der Waals surface area contributed by atoms with Crippen LogP contribution in [-0.2, 0) is 11.8 Å². The van der Waals surface area contributed by atoms with Gasteiger partial charge in [0.05, 0.1) is 19.7 Å². The van der Waals surface area contributed by atoms with Crippen LogP contribution in [0.5, 0.6) is 5.88 Å². The third kappa shape index (κ3) is 3.11. The Labute approximate surface area is 146 Å². The summed E-state index contributed by atoms with van der Waals surface area (Å²) in [6.45, 7) is 2.63. The van der Waals surface area contributed by atoms with Crippen molar-refractivity contribution < 1.29 is 14.3 Å². The predicted octanol–water partition coefficient (Wildman–Crippen LogP) is 1.52. The predicted molar refractivity (Wildman–Crippen MR) is 90.3 cm³/mol. The van der Waals surface area contributed by atoms with Gasteiger partial charge in [0.25, 0.3) is 5.91 Å².